The highest BCUT2D eigenvalue weighted by Crippen LogP contribution is 2.29. The quantitative estimate of drug-likeness (QED) is 0.548. The Labute approximate surface area is 158 Å². The summed E-state index contributed by atoms with van der Waals surface area (Å²) in [6.45, 7) is 13.7. The van der Waals surface area contributed by atoms with Crippen LogP contribution in [0, 0.1) is 0 Å². The zero-order chi connectivity index (χ0) is 19.4. The van der Waals surface area contributed by atoms with Gasteiger partial charge in [-0.05, 0) is 36.9 Å². The van der Waals surface area contributed by atoms with Crippen molar-refractivity contribution in [1.82, 2.24) is 9.78 Å². The van der Waals surface area contributed by atoms with Gasteiger partial charge < -0.3 is 9.16 Å². The topological polar surface area (TPSA) is 53.3 Å². The van der Waals surface area contributed by atoms with Gasteiger partial charge in [0.2, 0.25) is 0 Å². The van der Waals surface area contributed by atoms with Crippen LogP contribution in [0.5, 0.6) is 0 Å². The fourth-order valence-electron chi connectivity index (χ4n) is 2.45. The molecule has 142 valence electrons. The molecule has 0 radical (unpaired) electrons. The molecule has 0 saturated heterocycles. The number of carbonyl (C=O) groups is 1. The van der Waals surface area contributed by atoms with Crippen LogP contribution in [0.2, 0.25) is 5.04 Å². The highest BCUT2D eigenvalue weighted by molar-refractivity contribution is 6.31. The Morgan fingerprint density at radius 3 is 2.38 bits per heavy atom. The molecule has 1 aromatic heterocycles. The molecule has 2 aromatic rings. The predicted octanol–water partition coefficient (Wildman–Crippen LogP) is 3.66. The molecule has 0 amide bonds. The van der Waals surface area contributed by atoms with Gasteiger partial charge in [0.05, 0.1) is 30.5 Å². The fraction of sp³-hybridized carbons (Fsp3) is 0.500. The molecule has 26 heavy (non-hydrogen) atoms. The number of benzene rings is 1. The summed E-state index contributed by atoms with van der Waals surface area (Å²) in [5.74, 6) is -0.337. The van der Waals surface area contributed by atoms with Crippen LogP contribution >= 0.6 is 0 Å². The first-order valence-corrected chi connectivity index (χ1v) is 10.3. The molecule has 1 aromatic carbocycles. The van der Waals surface area contributed by atoms with Gasteiger partial charge in [0.1, 0.15) is 0 Å². The molecule has 0 aliphatic rings. The second-order valence-corrected chi connectivity index (χ2v) is 10.9. The standard InChI is InChI=1S/C20H30N2O3Si/c1-7-24-18(23)16-12-21-22(14-16)13-15-8-10-17(11-9-15)20(5,6)25-26-19(2,3)4/h8-12,14H,7,13,26H2,1-6H3. The van der Waals surface area contributed by atoms with Crippen molar-refractivity contribution in [1.29, 1.82) is 0 Å². The maximum absolute atomic E-state index is 11.7. The van der Waals surface area contributed by atoms with Crippen molar-refractivity contribution >= 4 is 15.7 Å². The minimum Gasteiger partial charge on any atom is -0.462 e. The van der Waals surface area contributed by atoms with E-state index < -0.39 is 9.76 Å². The first-order chi connectivity index (χ1) is 12.1. The summed E-state index contributed by atoms with van der Waals surface area (Å²) in [6, 6.07) is 8.40. The van der Waals surface area contributed by atoms with E-state index in [1.807, 2.05) is 0 Å². The smallest absolute Gasteiger partial charge is 0.341 e. The Hall–Kier alpha value is -1.92. The van der Waals surface area contributed by atoms with E-state index in [1.54, 1.807) is 24.0 Å². The number of esters is 1. The van der Waals surface area contributed by atoms with Crippen molar-refractivity contribution in [3.05, 3.63) is 53.3 Å². The van der Waals surface area contributed by atoms with Crippen LogP contribution in [0.25, 0.3) is 0 Å². The Bertz CT molecular complexity index is 730. The van der Waals surface area contributed by atoms with Gasteiger partial charge in [0.25, 0.3) is 0 Å². The average molecular weight is 375 g/mol. The lowest BCUT2D eigenvalue weighted by Crippen LogP contribution is -2.27. The van der Waals surface area contributed by atoms with E-state index in [0.29, 0.717) is 18.7 Å². The van der Waals surface area contributed by atoms with Crippen LogP contribution < -0.4 is 0 Å². The van der Waals surface area contributed by atoms with E-state index in [0.717, 1.165) is 5.56 Å². The van der Waals surface area contributed by atoms with Crippen LogP contribution in [0.3, 0.4) is 0 Å². The average Bonchev–Trinajstić information content (AvgIpc) is 3.02. The zero-order valence-corrected chi connectivity index (χ0v) is 18.1. The minimum absolute atomic E-state index is 0.272. The summed E-state index contributed by atoms with van der Waals surface area (Å²) in [5.41, 5.74) is 2.49. The van der Waals surface area contributed by atoms with E-state index in [9.17, 15) is 4.79 Å². The van der Waals surface area contributed by atoms with Crippen molar-refractivity contribution in [2.45, 2.75) is 58.7 Å². The molecule has 1 heterocycles. The van der Waals surface area contributed by atoms with Gasteiger partial charge in [0.15, 0.2) is 9.76 Å². The first-order valence-electron chi connectivity index (χ1n) is 9.04. The summed E-state index contributed by atoms with van der Waals surface area (Å²) in [6.07, 6.45) is 3.26. The minimum atomic E-state index is -0.623. The maximum atomic E-state index is 11.7. The lowest BCUT2D eigenvalue weighted by Gasteiger charge is -2.30. The molecule has 0 bridgehead atoms. The Morgan fingerprint density at radius 1 is 1.15 bits per heavy atom. The third kappa shape index (κ3) is 5.81. The second kappa shape index (κ2) is 8.18. The molecule has 0 aliphatic carbocycles. The first kappa shape index (κ1) is 20.4. The molecule has 6 heteroatoms. The van der Waals surface area contributed by atoms with Gasteiger partial charge in [-0.3, -0.25) is 4.68 Å². The Kier molecular flexibility index (Phi) is 6.42. The van der Waals surface area contributed by atoms with Crippen molar-refractivity contribution in [2.24, 2.45) is 0 Å². The fourth-order valence-corrected chi connectivity index (χ4v) is 3.41. The maximum Gasteiger partial charge on any atom is 0.341 e. The van der Waals surface area contributed by atoms with Gasteiger partial charge in [-0.2, -0.15) is 5.10 Å². The summed E-state index contributed by atoms with van der Waals surface area (Å²) < 4.78 is 13.0. The van der Waals surface area contributed by atoms with Crippen molar-refractivity contribution < 1.29 is 14.0 Å². The van der Waals surface area contributed by atoms with E-state index in [1.165, 1.54) is 5.56 Å². The molecule has 0 spiro atoms. The number of hydrogen-bond acceptors (Lipinski definition) is 4. The summed E-state index contributed by atoms with van der Waals surface area (Å²) in [7, 11) is -0.623. The van der Waals surface area contributed by atoms with Gasteiger partial charge >= 0.3 is 5.97 Å². The molecule has 0 fully saturated rings. The molecule has 0 unspecified atom stereocenters. The van der Waals surface area contributed by atoms with Crippen molar-refractivity contribution in [3.63, 3.8) is 0 Å². The summed E-state index contributed by atoms with van der Waals surface area (Å²) in [5, 5.41) is 4.51. The molecule has 5 nitrogen and oxygen atoms in total. The highest BCUT2D eigenvalue weighted by Gasteiger charge is 2.24. The molecule has 2 rings (SSSR count). The number of aromatic nitrogens is 2. The molecular weight excluding hydrogens is 344 g/mol. The van der Waals surface area contributed by atoms with Crippen LogP contribution in [0.4, 0.5) is 0 Å². The van der Waals surface area contributed by atoms with E-state index in [2.05, 4.69) is 64.0 Å². The Balaban J connectivity index is 2.02. The lowest BCUT2D eigenvalue weighted by molar-refractivity contribution is 0.0526. The second-order valence-electron chi connectivity index (χ2n) is 8.20. The lowest BCUT2D eigenvalue weighted by atomic mass is 9.97. The van der Waals surface area contributed by atoms with Crippen LogP contribution in [0.1, 0.15) is 63.0 Å². The molecule has 0 N–H and O–H groups in total. The van der Waals surface area contributed by atoms with E-state index >= 15 is 0 Å². The monoisotopic (exact) mass is 374 g/mol. The molecule has 0 atom stereocenters. The third-order valence-electron chi connectivity index (χ3n) is 4.00. The van der Waals surface area contributed by atoms with Crippen molar-refractivity contribution in [2.75, 3.05) is 6.61 Å². The van der Waals surface area contributed by atoms with E-state index in [4.69, 9.17) is 9.16 Å². The van der Waals surface area contributed by atoms with Gasteiger partial charge in [-0.15, -0.1) is 0 Å². The molecule has 0 saturated carbocycles. The zero-order valence-electron chi connectivity index (χ0n) is 16.7. The highest BCUT2D eigenvalue weighted by atomic mass is 28.2. The number of carbonyl (C=O) groups excluding carboxylic acids is 1. The number of nitrogens with zero attached hydrogens (tertiary/aromatic N) is 2. The Morgan fingerprint density at radius 2 is 1.81 bits per heavy atom. The largest absolute Gasteiger partial charge is 0.462 e. The molecular formula is C20H30N2O3Si. The van der Waals surface area contributed by atoms with Crippen molar-refractivity contribution in [3.8, 4) is 0 Å². The summed E-state index contributed by atoms with van der Waals surface area (Å²) >= 11 is 0. The van der Waals surface area contributed by atoms with E-state index in [-0.39, 0.29) is 16.6 Å². The van der Waals surface area contributed by atoms with Crippen LogP contribution in [-0.4, -0.2) is 32.1 Å². The van der Waals surface area contributed by atoms with Gasteiger partial charge in [0, 0.05) is 6.20 Å². The normalized spacial score (nSPS) is 12.7. The number of rotatable bonds is 7. The van der Waals surface area contributed by atoms with Gasteiger partial charge in [-0.1, -0.05) is 45.0 Å². The van der Waals surface area contributed by atoms with Gasteiger partial charge in [-0.25, -0.2) is 4.79 Å². The number of ether oxygens (including phenoxy) is 1. The molecule has 0 aliphatic heterocycles. The van der Waals surface area contributed by atoms with Crippen LogP contribution in [-0.2, 0) is 21.3 Å². The summed E-state index contributed by atoms with van der Waals surface area (Å²) in [4.78, 5) is 11.7. The predicted molar refractivity (Wildman–Crippen MR) is 106 cm³/mol. The van der Waals surface area contributed by atoms with Crippen LogP contribution in [0.15, 0.2) is 36.7 Å². The third-order valence-corrected chi connectivity index (χ3v) is 5.74. The number of hydrogen-bond donors (Lipinski definition) is 0. The SMILES string of the molecule is CCOC(=O)c1cnn(Cc2ccc(C(C)(C)O[SiH2]C(C)(C)C)cc2)c1.